The lowest BCUT2D eigenvalue weighted by molar-refractivity contribution is 0.0859. The number of rotatable bonds is 3. The molecule has 0 unspecified atom stereocenters. The molecule has 1 aromatic carbocycles. The van der Waals surface area contributed by atoms with Crippen molar-refractivity contribution in [2.24, 2.45) is 5.92 Å². The van der Waals surface area contributed by atoms with Crippen LogP contribution in [-0.2, 0) is 0 Å². The Labute approximate surface area is 166 Å². The summed E-state index contributed by atoms with van der Waals surface area (Å²) in [5.74, 6) is 0.0700. The van der Waals surface area contributed by atoms with Crippen LogP contribution in [0.15, 0.2) is 48.0 Å². The molecule has 0 bridgehead atoms. The van der Waals surface area contributed by atoms with Gasteiger partial charge in [-0.05, 0) is 54.6 Å². The zero-order chi connectivity index (χ0) is 18.8. The number of ketones is 1. The van der Waals surface area contributed by atoms with E-state index in [1.54, 1.807) is 46.7 Å². The van der Waals surface area contributed by atoms with Gasteiger partial charge in [0.1, 0.15) is 4.83 Å². The van der Waals surface area contributed by atoms with Crippen LogP contribution >= 0.6 is 22.9 Å². The highest BCUT2D eigenvalue weighted by Crippen LogP contribution is 2.27. The minimum absolute atomic E-state index is 0.0558. The van der Waals surface area contributed by atoms with Crippen molar-refractivity contribution >= 4 is 50.7 Å². The Hall–Kier alpha value is -2.44. The summed E-state index contributed by atoms with van der Waals surface area (Å²) in [6.45, 7) is 1.13. The van der Waals surface area contributed by atoms with E-state index in [0.717, 1.165) is 15.9 Å². The molecule has 1 aliphatic heterocycles. The summed E-state index contributed by atoms with van der Waals surface area (Å²) < 4.78 is 0. The zero-order valence-electron chi connectivity index (χ0n) is 14.5. The molecule has 2 amide bonds. The number of carbonyl (C=O) groups is 2. The first-order valence-electron chi connectivity index (χ1n) is 8.80. The van der Waals surface area contributed by atoms with Gasteiger partial charge >= 0.3 is 6.03 Å². The normalized spacial score (nSPS) is 15.1. The van der Waals surface area contributed by atoms with Crippen molar-refractivity contribution in [1.82, 2.24) is 9.88 Å². The number of hydrogen-bond donors (Lipinski definition) is 1. The molecule has 0 aliphatic carbocycles. The summed E-state index contributed by atoms with van der Waals surface area (Å²) in [6, 6.07) is 10.6. The SMILES string of the molecule is O=C(c1ccc(Cl)cc1)C1CCN(C(=O)Nc2ccnc3sccc23)CC1. The number of pyridine rings is 1. The number of likely N-dealkylation sites (tertiary alicyclic amines) is 1. The lowest BCUT2D eigenvalue weighted by Gasteiger charge is -2.31. The minimum Gasteiger partial charge on any atom is -0.324 e. The number of nitrogens with zero attached hydrogens (tertiary/aromatic N) is 2. The van der Waals surface area contributed by atoms with Crippen molar-refractivity contribution in [1.29, 1.82) is 0 Å². The Kier molecular flexibility index (Phi) is 5.09. The van der Waals surface area contributed by atoms with Gasteiger partial charge in [-0.15, -0.1) is 11.3 Å². The molecule has 2 aromatic heterocycles. The van der Waals surface area contributed by atoms with Gasteiger partial charge in [0, 0.05) is 41.2 Å². The molecule has 0 saturated carbocycles. The van der Waals surface area contributed by atoms with Gasteiger partial charge < -0.3 is 10.2 Å². The monoisotopic (exact) mass is 399 g/mol. The van der Waals surface area contributed by atoms with Gasteiger partial charge in [-0.25, -0.2) is 9.78 Å². The summed E-state index contributed by atoms with van der Waals surface area (Å²) in [6.07, 6.45) is 3.03. The van der Waals surface area contributed by atoms with E-state index in [0.29, 0.717) is 36.5 Å². The highest BCUT2D eigenvalue weighted by atomic mass is 35.5. The van der Waals surface area contributed by atoms with Crippen LogP contribution in [0.5, 0.6) is 0 Å². The van der Waals surface area contributed by atoms with Crippen LogP contribution in [0.4, 0.5) is 10.5 Å². The highest BCUT2D eigenvalue weighted by Gasteiger charge is 2.28. The lowest BCUT2D eigenvalue weighted by Crippen LogP contribution is -2.42. The maximum Gasteiger partial charge on any atom is 0.321 e. The van der Waals surface area contributed by atoms with Gasteiger partial charge in [0.05, 0.1) is 5.69 Å². The van der Waals surface area contributed by atoms with Gasteiger partial charge in [-0.2, -0.15) is 0 Å². The number of urea groups is 1. The number of piperidine rings is 1. The third kappa shape index (κ3) is 3.82. The van der Waals surface area contributed by atoms with Crippen molar-refractivity contribution in [2.45, 2.75) is 12.8 Å². The molecule has 1 N–H and O–H groups in total. The first-order chi connectivity index (χ1) is 13.1. The smallest absolute Gasteiger partial charge is 0.321 e. The highest BCUT2D eigenvalue weighted by molar-refractivity contribution is 7.16. The molecule has 138 valence electrons. The van der Waals surface area contributed by atoms with Crippen LogP contribution in [0.1, 0.15) is 23.2 Å². The summed E-state index contributed by atoms with van der Waals surface area (Å²) >= 11 is 7.43. The van der Waals surface area contributed by atoms with Gasteiger partial charge in [0.25, 0.3) is 0 Å². The van der Waals surface area contributed by atoms with E-state index in [1.807, 2.05) is 17.5 Å². The molecule has 3 aromatic rings. The van der Waals surface area contributed by atoms with Crippen molar-refractivity contribution in [3.8, 4) is 0 Å². The molecule has 1 saturated heterocycles. The topological polar surface area (TPSA) is 62.3 Å². The second-order valence-electron chi connectivity index (χ2n) is 6.56. The molecule has 27 heavy (non-hydrogen) atoms. The Morgan fingerprint density at radius 1 is 1.11 bits per heavy atom. The maximum atomic E-state index is 12.6. The number of nitrogens with one attached hydrogen (secondary N) is 1. The van der Waals surface area contributed by atoms with E-state index >= 15 is 0 Å². The molecule has 0 spiro atoms. The van der Waals surface area contributed by atoms with Crippen molar-refractivity contribution in [2.75, 3.05) is 18.4 Å². The third-order valence-electron chi connectivity index (χ3n) is 4.89. The summed E-state index contributed by atoms with van der Waals surface area (Å²) in [4.78, 5) is 32.2. The van der Waals surface area contributed by atoms with E-state index in [-0.39, 0.29) is 17.7 Å². The quantitative estimate of drug-likeness (QED) is 0.625. The van der Waals surface area contributed by atoms with Gasteiger partial charge in [0.15, 0.2) is 5.78 Å². The van der Waals surface area contributed by atoms with Crippen LogP contribution in [0.2, 0.25) is 5.02 Å². The fourth-order valence-corrected chi connectivity index (χ4v) is 4.26. The molecule has 1 aliphatic rings. The van der Waals surface area contributed by atoms with Gasteiger partial charge in [-0.1, -0.05) is 11.6 Å². The fraction of sp³-hybridized carbons (Fsp3) is 0.250. The second kappa shape index (κ2) is 7.66. The number of benzene rings is 1. The Balaban J connectivity index is 1.37. The molecule has 1 fully saturated rings. The average molecular weight is 400 g/mol. The lowest BCUT2D eigenvalue weighted by atomic mass is 9.89. The van der Waals surface area contributed by atoms with Crippen LogP contribution in [0.25, 0.3) is 10.2 Å². The van der Waals surface area contributed by atoms with Crippen molar-refractivity contribution in [3.63, 3.8) is 0 Å². The fourth-order valence-electron chi connectivity index (χ4n) is 3.37. The first-order valence-corrected chi connectivity index (χ1v) is 10.1. The number of aromatic nitrogens is 1. The van der Waals surface area contributed by atoms with Crippen LogP contribution in [0.3, 0.4) is 0 Å². The number of amides is 2. The summed E-state index contributed by atoms with van der Waals surface area (Å²) in [5.41, 5.74) is 1.45. The Bertz CT molecular complexity index is 978. The summed E-state index contributed by atoms with van der Waals surface area (Å²) in [5, 5.41) is 6.50. The number of Topliss-reactive ketones (excluding diaryl/α,β-unsaturated/α-hetero) is 1. The maximum absolute atomic E-state index is 12.6. The molecule has 4 rings (SSSR count). The van der Waals surface area contributed by atoms with E-state index in [9.17, 15) is 9.59 Å². The first kappa shape index (κ1) is 17.9. The van der Waals surface area contributed by atoms with Crippen LogP contribution in [0, 0.1) is 5.92 Å². The van der Waals surface area contributed by atoms with Crippen LogP contribution in [-0.4, -0.2) is 34.8 Å². The van der Waals surface area contributed by atoms with E-state index in [4.69, 9.17) is 11.6 Å². The molecule has 5 nitrogen and oxygen atoms in total. The Morgan fingerprint density at radius 2 is 1.85 bits per heavy atom. The second-order valence-corrected chi connectivity index (χ2v) is 7.89. The predicted octanol–water partition coefficient (Wildman–Crippen LogP) is 5.08. The van der Waals surface area contributed by atoms with Crippen LogP contribution < -0.4 is 5.32 Å². The van der Waals surface area contributed by atoms with Gasteiger partial charge in [0.2, 0.25) is 0 Å². The van der Waals surface area contributed by atoms with Crippen molar-refractivity contribution < 1.29 is 9.59 Å². The summed E-state index contributed by atoms with van der Waals surface area (Å²) in [7, 11) is 0. The van der Waals surface area contributed by atoms with E-state index < -0.39 is 0 Å². The average Bonchev–Trinajstić information content (AvgIpc) is 3.18. The largest absolute Gasteiger partial charge is 0.324 e. The number of carbonyl (C=O) groups excluding carboxylic acids is 2. The Morgan fingerprint density at radius 3 is 2.59 bits per heavy atom. The van der Waals surface area contributed by atoms with Crippen molar-refractivity contribution in [3.05, 3.63) is 58.6 Å². The molecular formula is C20H18ClN3O2S. The standard InChI is InChI=1S/C20H18ClN3O2S/c21-15-3-1-13(2-4-15)18(25)14-6-10-24(11-7-14)20(26)23-17-5-9-22-19-16(17)8-12-27-19/h1-5,8-9,12,14H,6-7,10-11H2,(H,22,23,26). The van der Waals surface area contributed by atoms with E-state index in [2.05, 4.69) is 10.3 Å². The molecule has 0 atom stereocenters. The molecular weight excluding hydrogens is 382 g/mol. The number of anilines is 1. The third-order valence-corrected chi connectivity index (χ3v) is 5.96. The number of halogens is 1. The molecule has 7 heteroatoms. The minimum atomic E-state index is -0.133. The number of fused-ring (bicyclic) bond motifs is 1. The number of hydrogen-bond acceptors (Lipinski definition) is 4. The number of thiophene rings is 1. The van der Waals surface area contributed by atoms with E-state index in [1.165, 1.54) is 0 Å². The molecule has 0 radical (unpaired) electrons. The predicted molar refractivity (Wildman–Crippen MR) is 109 cm³/mol. The van der Waals surface area contributed by atoms with Gasteiger partial charge in [-0.3, -0.25) is 4.79 Å². The molecule has 3 heterocycles. The zero-order valence-corrected chi connectivity index (χ0v) is 16.1.